The van der Waals surface area contributed by atoms with Gasteiger partial charge in [0.15, 0.2) is 0 Å². The molecule has 0 aliphatic carbocycles. The largest absolute Gasteiger partial charge is 0.496 e. The third kappa shape index (κ3) is 5.28. The molecule has 0 amide bonds. The fraction of sp³-hybridized carbons (Fsp3) is 0.296. The van der Waals surface area contributed by atoms with Crippen LogP contribution in [-0.4, -0.2) is 45.4 Å². The molecule has 0 atom stereocenters. The quantitative estimate of drug-likeness (QED) is 0.504. The number of morpholine rings is 1. The molecule has 4 rings (SSSR count). The van der Waals surface area contributed by atoms with Gasteiger partial charge in [-0.25, -0.2) is 0 Å². The maximum atomic E-state index is 9.86. The molecule has 1 saturated heterocycles. The summed E-state index contributed by atoms with van der Waals surface area (Å²) in [6, 6.07) is 21.9. The molecule has 3 aromatic rings. The summed E-state index contributed by atoms with van der Waals surface area (Å²) in [6.07, 6.45) is 0. The van der Waals surface area contributed by atoms with Crippen LogP contribution in [0.15, 0.2) is 60.7 Å². The van der Waals surface area contributed by atoms with E-state index < -0.39 is 0 Å². The summed E-state index contributed by atoms with van der Waals surface area (Å²) in [7, 11) is 3.30. The summed E-state index contributed by atoms with van der Waals surface area (Å²) >= 11 is 0. The molecule has 0 spiro atoms. The second-order valence-corrected chi connectivity index (χ2v) is 7.80. The van der Waals surface area contributed by atoms with Gasteiger partial charge in [0.2, 0.25) is 0 Å². The fourth-order valence-corrected chi connectivity index (χ4v) is 4.05. The van der Waals surface area contributed by atoms with Gasteiger partial charge in [-0.3, -0.25) is 4.90 Å². The van der Waals surface area contributed by atoms with E-state index in [2.05, 4.69) is 11.0 Å². The summed E-state index contributed by atoms with van der Waals surface area (Å²) in [5.41, 5.74) is 4.33. The normalized spacial score (nSPS) is 13.8. The molecule has 170 valence electrons. The Hall–Kier alpha value is -3.53. The van der Waals surface area contributed by atoms with Gasteiger partial charge in [-0.15, -0.1) is 0 Å². The molecule has 3 aromatic carbocycles. The van der Waals surface area contributed by atoms with Crippen LogP contribution in [0.5, 0.6) is 17.2 Å². The third-order valence-electron chi connectivity index (χ3n) is 5.81. The summed E-state index contributed by atoms with van der Waals surface area (Å²) in [6.45, 7) is 4.19. The first-order valence-corrected chi connectivity index (χ1v) is 11.0. The Bertz CT molecular complexity index is 1090. The molecule has 0 aromatic heterocycles. The topological polar surface area (TPSA) is 64.0 Å². The van der Waals surface area contributed by atoms with Crippen LogP contribution in [0.1, 0.15) is 16.7 Å². The monoisotopic (exact) mass is 444 g/mol. The van der Waals surface area contributed by atoms with E-state index in [1.807, 2.05) is 60.7 Å². The third-order valence-corrected chi connectivity index (χ3v) is 5.81. The molecule has 1 fully saturated rings. The van der Waals surface area contributed by atoms with Crippen molar-refractivity contribution in [1.82, 2.24) is 4.90 Å². The van der Waals surface area contributed by atoms with Gasteiger partial charge in [0.25, 0.3) is 0 Å². The smallest absolute Gasteiger partial charge is 0.130 e. The van der Waals surface area contributed by atoms with Gasteiger partial charge in [-0.05, 0) is 11.1 Å². The molecule has 1 heterocycles. The van der Waals surface area contributed by atoms with Crippen LogP contribution < -0.4 is 14.2 Å². The molecule has 6 heteroatoms. The molecule has 0 saturated carbocycles. The number of hydrogen-bond donors (Lipinski definition) is 0. The van der Waals surface area contributed by atoms with Gasteiger partial charge in [-0.1, -0.05) is 48.5 Å². The first-order chi connectivity index (χ1) is 16.2. The van der Waals surface area contributed by atoms with E-state index in [4.69, 9.17) is 18.9 Å². The average Bonchev–Trinajstić information content (AvgIpc) is 2.88. The zero-order chi connectivity index (χ0) is 23.0. The van der Waals surface area contributed by atoms with Gasteiger partial charge in [0.05, 0.1) is 38.6 Å². The number of rotatable bonds is 8. The predicted octanol–water partition coefficient (Wildman–Crippen LogP) is 4.65. The van der Waals surface area contributed by atoms with Crippen LogP contribution in [0, 0.1) is 11.3 Å². The lowest BCUT2D eigenvalue weighted by Gasteiger charge is -2.28. The molecule has 1 aliphatic heterocycles. The van der Waals surface area contributed by atoms with Crippen molar-refractivity contribution in [3.8, 4) is 34.4 Å². The maximum absolute atomic E-state index is 9.86. The summed E-state index contributed by atoms with van der Waals surface area (Å²) in [4.78, 5) is 2.32. The van der Waals surface area contributed by atoms with E-state index in [-0.39, 0.29) is 6.61 Å². The zero-order valence-corrected chi connectivity index (χ0v) is 19.0. The van der Waals surface area contributed by atoms with Crippen molar-refractivity contribution in [2.45, 2.75) is 13.2 Å². The molecule has 0 bridgehead atoms. The van der Waals surface area contributed by atoms with Crippen LogP contribution in [-0.2, 0) is 17.9 Å². The SMILES string of the molecule is COc1cc(OCc2cccc(-c3ccccc3)c2C#N)cc(OC)c1CN1CCOCC1. The molecular formula is C27H28N2O4. The Kier molecular flexibility index (Phi) is 7.46. The predicted molar refractivity (Wildman–Crippen MR) is 127 cm³/mol. The Morgan fingerprint density at radius 3 is 2.27 bits per heavy atom. The van der Waals surface area contributed by atoms with Crippen LogP contribution in [0.4, 0.5) is 0 Å². The lowest BCUT2D eigenvalue weighted by atomic mass is 9.96. The number of nitriles is 1. The molecule has 1 aliphatic rings. The minimum atomic E-state index is 0.263. The molecular weight excluding hydrogens is 416 g/mol. The minimum absolute atomic E-state index is 0.263. The summed E-state index contributed by atoms with van der Waals surface area (Å²) < 4.78 is 22.9. The van der Waals surface area contributed by atoms with Gasteiger partial charge in [0, 0.05) is 37.3 Å². The van der Waals surface area contributed by atoms with Crippen molar-refractivity contribution in [2.24, 2.45) is 0 Å². The number of benzene rings is 3. The molecule has 6 nitrogen and oxygen atoms in total. The Balaban J connectivity index is 1.57. The van der Waals surface area contributed by atoms with Gasteiger partial charge >= 0.3 is 0 Å². The molecule has 0 unspecified atom stereocenters. The van der Waals surface area contributed by atoms with Crippen molar-refractivity contribution in [1.29, 1.82) is 5.26 Å². The van der Waals surface area contributed by atoms with E-state index in [0.29, 0.717) is 17.9 Å². The van der Waals surface area contributed by atoms with Crippen molar-refractivity contribution in [3.63, 3.8) is 0 Å². The number of hydrogen-bond acceptors (Lipinski definition) is 6. The van der Waals surface area contributed by atoms with Crippen LogP contribution in [0.3, 0.4) is 0 Å². The van der Waals surface area contributed by atoms with Gasteiger partial charge in [-0.2, -0.15) is 5.26 Å². The number of ether oxygens (including phenoxy) is 4. The highest BCUT2D eigenvalue weighted by molar-refractivity contribution is 5.72. The van der Waals surface area contributed by atoms with Crippen molar-refractivity contribution >= 4 is 0 Å². The Labute approximate surface area is 194 Å². The second kappa shape index (κ2) is 10.9. The zero-order valence-electron chi connectivity index (χ0n) is 19.0. The summed E-state index contributed by atoms with van der Waals surface area (Å²) in [5, 5.41) is 9.86. The highest BCUT2D eigenvalue weighted by atomic mass is 16.5. The lowest BCUT2D eigenvalue weighted by molar-refractivity contribution is 0.0335. The highest BCUT2D eigenvalue weighted by Crippen LogP contribution is 2.36. The number of nitrogens with zero attached hydrogens (tertiary/aromatic N) is 2. The van der Waals surface area contributed by atoms with Crippen molar-refractivity contribution in [2.75, 3.05) is 40.5 Å². The van der Waals surface area contributed by atoms with Crippen LogP contribution in [0.2, 0.25) is 0 Å². The van der Waals surface area contributed by atoms with E-state index in [9.17, 15) is 5.26 Å². The van der Waals surface area contributed by atoms with Crippen LogP contribution >= 0.6 is 0 Å². The second-order valence-electron chi connectivity index (χ2n) is 7.80. The van der Waals surface area contributed by atoms with Crippen molar-refractivity contribution in [3.05, 3.63) is 77.4 Å². The van der Waals surface area contributed by atoms with Crippen LogP contribution in [0.25, 0.3) is 11.1 Å². The van der Waals surface area contributed by atoms with E-state index in [1.54, 1.807) is 14.2 Å². The fourth-order valence-electron chi connectivity index (χ4n) is 4.05. The minimum Gasteiger partial charge on any atom is -0.496 e. The summed E-state index contributed by atoms with van der Waals surface area (Å²) in [5.74, 6) is 2.06. The lowest BCUT2D eigenvalue weighted by Crippen LogP contribution is -2.35. The Morgan fingerprint density at radius 1 is 0.939 bits per heavy atom. The average molecular weight is 445 g/mol. The standard InChI is InChI=1S/C27H28N2O4/c1-30-26-15-22(16-27(31-2)25(26)18-29-11-13-32-14-12-29)33-19-21-9-6-10-23(24(21)17-28)20-7-4-3-5-8-20/h3-10,15-16H,11-14,18-19H2,1-2H3. The highest BCUT2D eigenvalue weighted by Gasteiger charge is 2.19. The molecule has 0 N–H and O–H groups in total. The van der Waals surface area contributed by atoms with Gasteiger partial charge < -0.3 is 18.9 Å². The van der Waals surface area contributed by atoms with E-state index in [1.165, 1.54) is 0 Å². The molecule has 33 heavy (non-hydrogen) atoms. The van der Waals surface area contributed by atoms with E-state index >= 15 is 0 Å². The molecule has 0 radical (unpaired) electrons. The van der Waals surface area contributed by atoms with E-state index in [0.717, 1.165) is 60.1 Å². The Morgan fingerprint density at radius 2 is 1.64 bits per heavy atom. The first kappa shape index (κ1) is 22.7. The van der Waals surface area contributed by atoms with Gasteiger partial charge in [0.1, 0.15) is 29.9 Å². The number of methoxy groups -OCH3 is 2. The maximum Gasteiger partial charge on any atom is 0.130 e. The van der Waals surface area contributed by atoms with Crippen molar-refractivity contribution < 1.29 is 18.9 Å². The first-order valence-electron chi connectivity index (χ1n) is 11.0.